The smallest absolute Gasteiger partial charge is 0.244 e. The number of hydrogen-bond acceptors (Lipinski definition) is 5. The van der Waals surface area contributed by atoms with Gasteiger partial charge in [0.05, 0.1) is 19.1 Å². The fraction of sp³-hybridized carbons (Fsp3) is 0.462. The molecule has 1 fully saturated rings. The molecule has 0 spiro atoms. The van der Waals surface area contributed by atoms with Crippen LogP contribution in [0.25, 0.3) is 0 Å². The molecule has 0 aliphatic heterocycles. The molecule has 1 N–H and O–H groups in total. The van der Waals surface area contributed by atoms with E-state index in [0.717, 1.165) is 48.2 Å². The highest BCUT2D eigenvalue weighted by atomic mass is 35.5. The molecule has 36 heavy (non-hydrogen) atoms. The number of carbonyl (C=O) groups excluding carboxylic acids is 2. The summed E-state index contributed by atoms with van der Waals surface area (Å²) < 4.78 is 31.8. The zero-order chi connectivity index (χ0) is 26.3. The average molecular weight is 536 g/mol. The Hall–Kier alpha value is -2.78. The molecule has 1 atom stereocenters. The minimum absolute atomic E-state index is 0.0885. The third-order valence-electron chi connectivity index (χ3n) is 6.40. The van der Waals surface area contributed by atoms with E-state index in [1.54, 1.807) is 19.1 Å². The van der Waals surface area contributed by atoms with Crippen molar-refractivity contribution in [2.75, 3.05) is 24.2 Å². The standard InChI is InChI=1S/C26H34ClN3O5S/c1-19(26(32)28-22-12-8-5-9-13-22)29(17-20-10-6-4-7-11-20)25(31)18-30(36(3,33)34)23-16-21(27)14-15-24(23)35-2/h4,6-7,10-11,14-16,19,22H,5,8-9,12-13,17-18H2,1-3H3,(H,28,32)/t19-/m1/s1. The molecule has 10 heteroatoms. The van der Waals surface area contributed by atoms with Gasteiger partial charge < -0.3 is 15.0 Å². The highest BCUT2D eigenvalue weighted by molar-refractivity contribution is 7.92. The summed E-state index contributed by atoms with van der Waals surface area (Å²) in [6.45, 7) is 1.32. The van der Waals surface area contributed by atoms with Crippen LogP contribution in [0.4, 0.5) is 5.69 Å². The van der Waals surface area contributed by atoms with E-state index in [0.29, 0.717) is 5.02 Å². The van der Waals surface area contributed by atoms with Crippen molar-refractivity contribution in [1.29, 1.82) is 0 Å². The van der Waals surface area contributed by atoms with E-state index < -0.39 is 28.5 Å². The van der Waals surface area contributed by atoms with Gasteiger partial charge in [-0.1, -0.05) is 61.2 Å². The van der Waals surface area contributed by atoms with Crippen molar-refractivity contribution in [3.8, 4) is 5.75 Å². The molecule has 1 saturated carbocycles. The maximum Gasteiger partial charge on any atom is 0.244 e. The number of carbonyl (C=O) groups is 2. The van der Waals surface area contributed by atoms with Crippen molar-refractivity contribution in [2.24, 2.45) is 0 Å². The molecule has 0 bridgehead atoms. The topological polar surface area (TPSA) is 96.0 Å². The van der Waals surface area contributed by atoms with Crippen LogP contribution in [0.2, 0.25) is 5.02 Å². The maximum absolute atomic E-state index is 13.7. The summed E-state index contributed by atoms with van der Waals surface area (Å²) in [6.07, 6.45) is 6.15. The normalized spacial score (nSPS) is 15.1. The first-order chi connectivity index (χ1) is 17.1. The monoisotopic (exact) mass is 535 g/mol. The van der Waals surface area contributed by atoms with E-state index in [4.69, 9.17) is 16.3 Å². The molecule has 3 rings (SSSR count). The maximum atomic E-state index is 13.7. The van der Waals surface area contributed by atoms with Gasteiger partial charge in [-0.25, -0.2) is 8.42 Å². The molecule has 0 unspecified atom stereocenters. The van der Waals surface area contributed by atoms with Gasteiger partial charge in [0.15, 0.2) is 0 Å². The van der Waals surface area contributed by atoms with Crippen molar-refractivity contribution >= 4 is 39.1 Å². The third-order valence-corrected chi connectivity index (χ3v) is 7.76. The Kier molecular flexibility index (Phi) is 9.62. The molecule has 2 amide bonds. The largest absolute Gasteiger partial charge is 0.495 e. The Morgan fingerprint density at radius 2 is 1.78 bits per heavy atom. The van der Waals surface area contributed by atoms with Crippen LogP contribution < -0.4 is 14.4 Å². The molecule has 0 heterocycles. The molecule has 1 aliphatic rings. The van der Waals surface area contributed by atoms with Crippen LogP contribution in [0.1, 0.15) is 44.6 Å². The zero-order valence-electron chi connectivity index (χ0n) is 20.9. The van der Waals surface area contributed by atoms with E-state index in [9.17, 15) is 18.0 Å². The first-order valence-electron chi connectivity index (χ1n) is 12.0. The summed E-state index contributed by atoms with van der Waals surface area (Å²) in [5, 5.41) is 3.38. The van der Waals surface area contributed by atoms with Crippen molar-refractivity contribution in [2.45, 2.75) is 57.7 Å². The lowest BCUT2D eigenvalue weighted by atomic mass is 9.95. The van der Waals surface area contributed by atoms with Gasteiger partial charge in [0, 0.05) is 17.6 Å². The van der Waals surface area contributed by atoms with Crippen molar-refractivity contribution in [1.82, 2.24) is 10.2 Å². The first-order valence-corrected chi connectivity index (χ1v) is 14.3. The summed E-state index contributed by atoms with van der Waals surface area (Å²) in [7, 11) is -2.48. The first kappa shape index (κ1) is 27.8. The van der Waals surface area contributed by atoms with Gasteiger partial charge >= 0.3 is 0 Å². The SMILES string of the molecule is COc1ccc(Cl)cc1N(CC(=O)N(Cc1ccccc1)[C@H](C)C(=O)NC1CCCCC1)S(C)(=O)=O. The number of sulfonamides is 1. The number of benzene rings is 2. The fourth-order valence-corrected chi connectivity index (χ4v) is 5.40. The molecule has 0 aromatic heterocycles. The Balaban J connectivity index is 1.90. The van der Waals surface area contributed by atoms with Gasteiger partial charge in [-0.3, -0.25) is 13.9 Å². The predicted octanol–water partition coefficient (Wildman–Crippen LogP) is 3.98. The number of halogens is 1. The number of nitrogens with zero attached hydrogens (tertiary/aromatic N) is 2. The number of ether oxygens (including phenoxy) is 1. The number of anilines is 1. The fourth-order valence-electron chi connectivity index (χ4n) is 4.38. The van der Waals surface area contributed by atoms with Crippen LogP contribution in [0.15, 0.2) is 48.5 Å². The summed E-state index contributed by atoms with van der Waals surface area (Å²) >= 11 is 6.13. The Labute approximate surface area is 218 Å². The molecule has 2 aromatic rings. The van der Waals surface area contributed by atoms with Crippen molar-refractivity contribution in [3.63, 3.8) is 0 Å². The van der Waals surface area contributed by atoms with Gasteiger partial charge in [0.25, 0.3) is 0 Å². The summed E-state index contributed by atoms with van der Waals surface area (Å²) in [5.41, 5.74) is 0.981. The second-order valence-corrected chi connectivity index (χ2v) is 11.5. The van der Waals surface area contributed by atoms with Gasteiger partial charge in [-0.15, -0.1) is 0 Å². The minimum atomic E-state index is -3.89. The van der Waals surface area contributed by atoms with Crippen LogP contribution in [-0.4, -0.2) is 57.1 Å². The lowest BCUT2D eigenvalue weighted by molar-refractivity contribution is -0.139. The number of rotatable bonds is 10. The van der Waals surface area contributed by atoms with Crippen LogP contribution in [0.5, 0.6) is 5.75 Å². The van der Waals surface area contributed by atoms with E-state index >= 15 is 0 Å². The van der Waals surface area contributed by atoms with Crippen LogP contribution in [-0.2, 0) is 26.2 Å². The van der Waals surface area contributed by atoms with Gasteiger partial charge in [0.1, 0.15) is 18.3 Å². The molecule has 2 aromatic carbocycles. The van der Waals surface area contributed by atoms with Gasteiger partial charge in [0.2, 0.25) is 21.8 Å². The molecule has 0 saturated heterocycles. The van der Waals surface area contributed by atoms with Gasteiger partial charge in [-0.2, -0.15) is 0 Å². The minimum Gasteiger partial charge on any atom is -0.495 e. The van der Waals surface area contributed by atoms with Crippen molar-refractivity contribution < 1.29 is 22.7 Å². The van der Waals surface area contributed by atoms with Crippen molar-refractivity contribution in [3.05, 3.63) is 59.1 Å². The molecular formula is C26H34ClN3O5S. The highest BCUT2D eigenvalue weighted by Gasteiger charge is 2.32. The number of nitrogens with one attached hydrogen (secondary N) is 1. The van der Waals surface area contributed by atoms with E-state index in [1.807, 2.05) is 30.3 Å². The Bertz CT molecular complexity index is 1150. The molecule has 8 nitrogen and oxygen atoms in total. The average Bonchev–Trinajstić information content (AvgIpc) is 2.85. The number of methoxy groups -OCH3 is 1. The predicted molar refractivity (Wildman–Crippen MR) is 142 cm³/mol. The second kappa shape index (κ2) is 12.5. The van der Waals surface area contributed by atoms with Crippen LogP contribution >= 0.6 is 11.6 Å². The van der Waals surface area contributed by atoms with Gasteiger partial charge in [-0.05, 0) is 43.5 Å². The quantitative estimate of drug-likeness (QED) is 0.496. The molecular weight excluding hydrogens is 502 g/mol. The number of hydrogen-bond donors (Lipinski definition) is 1. The number of amides is 2. The summed E-state index contributed by atoms with van der Waals surface area (Å²) in [5.74, 6) is -0.509. The lowest BCUT2D eigenvalue weighted by Gasteiger charge is -2.33. The summed E-state index contributed by atoms with van der Waals surface area (Å²) in [6, 6.07) is 13.1. The van der Waals surface area contributed by atoms with Crippen LogP contribution in [0.3, 0.4) is 0 Å². The van der Waals surface area contributed by atoms with E-state index in [1.165, 1.54) is 18.1 Å². The van der Waals surface area contributed by atoms with E-state index in [2.05, 4.69) is 5.32 Å². The zero-order valence-corrected chi connectivity index (χ0v) is 22.5. The van der Waals surface area contributed by atoms with Crippen LogP contribution in [0, 0.1) is 0 Å². The molecule has 1 aliphatic carbocycles. The second-order valence-electron chi connectivity index (χ2n) is 9.11. The van der Waals surface area contributed by atoms with E-state index in [-0.39, 0.29) is 29.9 Å². The summed E-state index contributed by atoms with van der Waals surface area (Å²) in [4.78, 5) is 28.3. The lowest BCUT2D eigenvalue weighted by Crippen LogP contribution is -2.53. The highest BCUT2D eigenvalue weighted by Crippen LogP contribution is 2.33. The Morgan fingerprint density at radius 3 is 2.39 bits per heavy atom. The Morgan fingerprint density at radius 1 is 1.11 bits per heavy atom. The third kappa shape index (κ3) is 7.36. The molecule has 196 valence electrons. The molecule has 0 radical (unpaired) electrons.